The summed E-state index contributed by atoms with van der Waals surface area (Å²) in [6, 6.07) is 10.9. The van der Waals surface area contributed by atoms with Gasteiger partial charge in [-0.05, 0) is 42.8 Å². The van der Waals surface area contributed by atoms with Gasteiger partial charge in [-0.25, -0.2) is 0 Å². The summed E-state index contributed by atoms with van der Waals surface area (Å²) in [5, 5.41) is 0.640. The summed E-state index contributed by atoms with van der Waals surface area (Å²) in [5.74, 6) is -0.148. The first kappa shape index (κ1) is 18.5. The molecule has 1 atom stereocenters. The van der Waals surface area contributed by atoms with Crippen molar-refractivity contribution in [2.75, 3.05) is 18.0 Å². The fourth-order valence-electron chi connectivity index (χ4n) is 3.40. The second-order valence-corrected chi connectivity index (χ2v) is 7.15. The van der Waals surface area contributed by atoms with Gasteiger partial charge in [0.15, 0.2) is 0 Å². The van der Waals surface area contributed by atoms with E-state index in [0.717, 1.165) is 24.9 Å². The van der Waals surface area contributed by atoms with Crippen LogP contribution in [0.1, 0.15) is 36.7 Å². The number of amides is 2. The molecule has 1 fully saturated rings. The molecule has 6 heteroatoms. The fourth-order valence-corrected chi connectivity index (χ4v) is 3.52. The Morgan fingerprint density at radius 3 is 2.58 bits per heavy atom. The van der Waals surface area contributed by atoms with Crippen molar-refractivity contribution in [1.29, 1.82) is 0 Å². The lowest BCUT2D eigenvalue weighted by atomic mass is 10.0. The molecule has 26 heavy (non-hydrogen) atoms. The van der Waals surface area contributed by atoms with Gasteiger partial charge in [0, 0.05) is 30.5 Å². The lowest BCUT2D eigenvalue weighted by molar-refractivity contribution is -0.121. The molecular formula is C20H24ClN3O2. The van der Waals surface area contributed by atoms with Crippen LogP contribution in [-0.4, -0.2) is 40.4 Å². The van der Waals surface area contributed by atoms with E-state index in [-0.39, 0.29) is 24.4 Å². The Kier molecular flexibility index (Phi) is 5.67. The molecule has 0 N–H and O–H groups in total. The minimum Gasteiger partial charge on any atom is -0.347 e. The number of benzene rings is 1. The molecule has 1 unspecified atom stereocenters. The molecule has 1 aliphatic heterocycles. The number of anilines is 1. The largest absolute Gasteiger partial charge is 0.347 e. The number of carbonyl (C=O) groups excluding carboxylic acids is 2. The normalized spacial score (nSPS) is 17.7. The van der Waals surface area contributed by atoms with E-state index in [1.807, 2.05) is 31.4 Å². The maximum atomic E-state index is 13.0. The molecule has 2 heterocycles. The Balaban J connectivity index is 1.85. The molecule has 1 aromatic heterocycles. The van der Waals surface area contributed by atoms with E-state index < -0.39 is 0 Å². The summed E-state index contributed by atoms with van der Waals surface area (Å²) < 4.78 is 1.80. The van der Waals surface area contributed by atoms with Crippen LogP contribution in [0.2, 0.25) is 5.02 Å². The highest BCUT2D eigenvalue weighted by Crippen LogP contribution is 2.25. The van der Waals surface area contributed by atoms with Gasteiger partial charge < -0.3 is 14.4 Å². The number of hydrogen-bond acceptors (Lipinski definition) is 2. The number of nitrogens with zero attached hydrogens (tertiary/aromatic N) is 3. The quantitative estimate of drug-likeness (QED) is 0.801. The van der Waals surface area contributed by atoms with Gasteiger partial charge in [0.05, 0.1) is 6.04 Å². The van der Waals surface area contributed by atoms with Gasteiger partial charge >= 0.3 is 0 Å². The van der Waals surface area contributed by atoms with Crippen LogP contribution in [0.25, 0.3) is 0 Å². The monoisotopic (exact) mass is 373 g/mol. The van der Waals surface area contributed by atoms with Crippen molar-refractivity contribution in [2.45, 2.75) is 32.2 Å². The number of piperazine rings is 1. The van der Waals surface area contributed by atoms with Gasteiger partial charge in [-0.2, -0.15) is 0 Å². The zero-order valence-electron chi connectivity index (χ0n) is 15.2. The predicted octanol–water partition coefficient (Wildman–Crippen LogP) is 3.73. The Morgan fingerprint density at radius 2 is 1.96 bits per heavy atom. The van der Waals surface area contributed by atoms with Crippen LogP contribution in [0, 0.1) is 0 Å². The van der Waals surface area contributed by atoms with Crippen molar-refractivity contribution in [3.05, 3.63) is 53.3 Å². The summed E-state index contributed by atoms with van der Waals surface area (Å²) in [4.78, 5) is 29.3. The van der Waals surface area contributed by atoms with Crippen molar-refractivity contribution in [2.24, 2.45) is 7.05 Å². The van der Waals surface area contributed by atoms with E-state index in [1.54, 1.807) is 32.6 Å². The zero-order chi connectivity index (χ0) is 18.7. The van der Waals surface area contributed by atoms with Crippen LogP contribution >= 0.6 is 11.6 Å². The molecule has 2 amide bonds. The van der Waals surface area contributed by atoms with Crippen molar-refractivity contribution in [1.82, 2.24) is 9.47 Å². The maximum absolute atomic E-state index is 13.0. The van der Waals surface area contributed by atoms with Gasteiger partial charge in [0.25, 0.3) is 5.91 Å². The number of unbranched alkanes of at least 4 members (excludes halogenated alkanes) is 1. The molecule has 0 saturated carbocycles. The molecule has 1 aliphatic rings. The molecule has 0 spiro atoms. The van der Waals surface area contributed by atoms with Crippen LogP contribution in [0.4, 0.5) is 5.69 Å². The van der Waals surface area contributed by atoms with Crippen LogP contribution in [-0.2, 0) is 11.8 Å². The van der Waals surface area contributed by atoms with Gasteiger partial charge in [0.2, 0.25) is 5.91 Å². The number of aryl methyl sites for hydroxylation is 1. The van der Waals surface area contributed by atoms with Crippen molar-refractivity contribution in [3.63, 3.8) is 0 Å². The number of halogens is 1. The SMILES string of the molecule is CCCCC1CN(c2ccc(Cl)cc2)C(=O)CN1C(=O)c1cccn1C. The Morgan fingerprint density at radius 1 is 1.23 bits per heavy atom. The number of carbonyl (C=O) groups is 2. The van der Waals surface area contributed by atoms with Gasteiger partial charge in [-0.1, -0.05) is 31.4 Å². The molecule has 0 radical (unpaired) electrons. The lowest BCUT2D eigenvalue weighted by Gasteiger charge is -2.41. The van der Waals surface area contributed by atoms with Crippen LogP contribution in [0.15, 0.2) is 42.6 Å². The van der Waals surface area contributed by atoms with Gasteiger partial charge in [-0.15, -0.1) is 0 Å². The fraction of sp³-hybridized carbons (Fsp3) is 0.400. The van der Waals surface area contributed by atoms with Crippen LogP contribution < -0.4 is 4.90 Å². The minimum atomic E-state index is -0.0808. The molecule has 138 valence electrons. The summed E-state index contributed by atoms with van der Waals surface area (Å²) >= 11 is 5.96. The summed E-state index contributed by atoms with van der Waals surface area (Å²) in [6.07, 6.45) is 4.80. The highest BCUT2D eigenvalue weighted by atomic mass is 35.5. The molecule has 1 saturated heterocycles. The van der Waals surface area contributed by atoms with E-state index in [4.69, 9.17) is 11.6 Å². The lowest BCUT2D eigenvalue weighted by Crippen LogP contribution is -2.58. The molecule has 2 aromatic rings. The molecule has 1 aromatic carbocycles. The zero-order valence-corrected chi connectivity index (χ0v) is 15.9. The third-order valence-electron chi connectivity index (χ3n) is 4.89. The summed E-state index contributed by atoms with van der Waals surface area (Å²) in [6.45, 7) is 2.74. The summed E-state index contributed by atoms with van der Waals surface area (Å²) in [7, 11) is 1.85. The molecular weight excluding hydrogens is 350 g/mol. The van der Waals surface area contributed by atoms with Crippen molar-refractivity contribution >= 4 is 29.1 Å². The Bertz CT molecular complexity index is 785. The first-order chi connectivity index (χ1) is 12.5. The van der Waals surface area contributed by atoms with Crippen molar-refractivity contribution < 1.29 is 9.59 Å². The van der Waals surface area contributed by atoms with E-state index in [0.29, 0.717) is 17.3 Å². The van der Waals surface area contributed by atoms with Crippen LogP contribution in [0.3, 0.4) is 0 Å². The molecule has 0 aliphatic carbocycles. The molecule has 5 nitrogen and oxygen atoms in total. The Hall–Kier alpha value is -2.27. The second-order valence-electron chi connectivity index (χ2n) is 6.71. The number of hydrogen-bond donors (Lipinski definition) is 0. The van der Waals surface area contributed by atoms with E-state index in [2.05, 4.69) is 6.92 Å². The molecule has 3 rings (SSSR count). The van der Waals surface area contributed by atoms with Crippen LogP contribution in [0.5, 0.6) is 0 Å². The number of rotatable bonds is 5. The first-order valence-corrected chi connectivity index (χ1v) is 9.37. The van der Waals surface area contributed by atoms with E-state index in [9.17, 15) is 9.59 Å². The van der Waals surface area contributed by atoms with Gasteiger partial charge in [0.1, 0.15) is 12.2 Å². The average molecular weight is 374 g/mol. The van der Waals surface area contributed by atoms with Gasteiger partial charge in [-0.3, -0.25) is 9.59 Å². The smallest absolute Gasteiger partial charge is 0.271 e. The average Bonchev–Trinajstić information content (AvgIpc) is 3.06. The van der Waals surface area contributed by atoms with E-state index >= 15 is 0 Å². The highest BCUT2D eigenvalue weighted by molar-refractivity contribution is 6.30. The van der Waals surface area contributed by atoms with Crippen molar-refractivity contribution in [3.8, 4) is 0 Å². The Labute approximate surface area is 159 Å². The second kappa shape index (κ2) is 7.96. The minimum absolute atomic E-state index is 0.00530. The maximum Gasteiger partial charge on any atom is 0.271 e. The van der Waals surface area contributed by atoms with E-state index in [1.165, 1.54) is 0 Å². The number of aromatic nitrogens is 1. The standard InChI is InChI=1S/C20H24ClN3O2/c1-3-4-6-17-13-23(16-10-8-15(21)9-11-16)19(25)14-24(17)20(26)18-7-5-12-22(18)2/h5,7-12,17H,3-4,6,13-14H2,1-2H3. The first-order valence-electron chi connectivity index (χ1n) is 8.99. The molecule has 0 bridgehead atoms. The predicted molar refractivity (Wildman–Crippen MR) is 104 cm³/mol. The third kappa shape index (κ3) is 3.78. The third-order valence-corrected chi connectivity index (χ3v) is 5.15. The highest BCUT2D eigenvalue weighted by Gasteiger charge is 2.36. The summed E-state index contributed by atoms with van der Waals surface area (Å²) in [5.41, 5.74) is 1.44. The topological polar surface area (TPSA) is 45.6 Å².